The lowest BCUT2D eigenvalue weighted by Crippen LogP contribution is -2.38. The van der Waals surface area contributed by atoms with E-state index in [2.05, 4.69) is 4.72 Å². The first-order valence-electron chi connectivity index (χ1n) is 10.3. The first-order valence-corrected chi connectivity index (χ1v) is 12.9. The molecule has 3 rings (SSSR count). The highest BCUT2D eigenvalue weighted by Gasteiger charge is 2.34. The van der Waals surface area contributed by atoms with Gasteiger partial charge in [0, 0.05) is 18.7 Å². The number of carbonyl (C=O) groups excluding carboxylic acids is 1. The number of hydrogen-bond donors (Lipinski definition) is 1. The first-order chi connectivity index (χ1) is 14.7. The molecule has 32 heavy (non-hydrogen) atoms. The molecule has 174 valence electrons. The van der Waals surface area contributed by atoms with Crippen LogP contribution in [0, 0.1) is 0 Å². The van der Waals surface area contributed by atoms with Gasteiger partial charge in [-0.15, -0.1) is 0 Å². The summed E-state index contributed by atoms with van der Waals surface area (Å²) in [7, 11) is -1.74. The van der Waals surface area contributed by atoms with Crippen molar-refractivity contribution in [2.24, 2.45) is 0 Å². The molecule has 0 bridgehead atoms. The van der Waals surface area contributed by atoms with E-state index in [1.165, 1.54) is 0 Å². The number of nitrogens with zero attached hydrogens (tertiary/aromatic N) is 1. The maximum absolute atomic E-state index is 12.8. The summed E-state index contributed by atoms with van der Waals surface area (Å²) in [5.74, 6) is 0.0373. The fourth-order valence-corrected chi connectivity index (χ4v) is 4.89. The molecule has 2 unspecified atom stereocenters. The Labute approximate surface area is 199 Å². The molecule has 0 fully saturated rings. The van der Waals surface area contributed by atoms with Crippen molar-refractivity contribution in [3.63, 3.8) is 0 Å². The smallest absolute Gasteiger partial charge is 0.410 e. The number of benzene rings is 2. The zero-order valence-electron chi connectivity index (χ0n) is 18.8. The highest BCUT2D eigenvalue weighted by Crippen LogP contribution is 2.45. The summed E-state index contributed by atoms with van der Waals surface area (Å²) < 4.78 is 31.7. The molecule has 6 nitrogen and oxygen atoms in total. The number of hydrogen-bond acceptors (Lipinski definition) is 4. The normalized spacial score (nSPS) is 18.6. The van der Waals surface area contributed by atoms with E-state index in [9.17, 15) is 13.2 Å². The van der Waals surface area contributed by atoms with Crippen molar-refractivity contribution in [1.82, 2.24) is 4.90 Å². The van der Waals surface area contributed by atoms with E-state index in [4.69, 9.17) is 27.9 Å². The quantitative estimate of drug-likeness (QED) is 0.544. The van der Waals surface area contributed by atoms with Gasteiger partial charge in [0.1, 0.15) is 5.60 Å². The minimum Gasteiger partial charge on any atom is -0.444 e. The van der Waals surface area contributed by atoms with Crippen LogP contribution in [-0.4, -0.2) is 38.3 Å². The van der Waals surface area contributed by atoms with Gasteiger partial charge in [-0.05, 0) is 74.6 Å². The highest BCUT2D eigenvalue weighted by molar-refractivity contribution is 7.92. The summed E-state index contributed by atoms with van der Waals surface area (Å²) in [5, 5.41) is 0.968. The van der Waals surface area contributed by atoms with Gasteiger partial charge in [0.25, 0.3) is 0 Å². The minimum absolute atomic E-state index is 0.0373. The lowest BCUT2D eigenvalue weighted by molar-refractivity contribution is 0.0202. The third-order valence-electron chi connectivity index (χ3n) is 5.35. The van der Waals surface area contributed by atoms with Crippen LogP contribution in [0.25, 0.3) is 0 Å². The van der Waals surface area contributed by atoms with E-state index in [-0.39, 0.29) is 12.0 Å². The van der Waals surface area contributed by atoms with Crippen LogP contribution in [0.3, 0.4) is 0 Å². The molecule has 9 heteroatoms. The van der Waals surface area contributed by atoms with Gasteiger partial charge >= 0.3 is 6.09 Å². The van der Waals surface area contributed by atoms with Gasteiger partial charge in [-0.2, -0.15) is 0 Å². The topological polar surface area (TPSA) is 75.7 Å². The largest absolute Gasteiger partial charge is 0.444 e. The van der Waals surface area contributed by atoms with Gasteiger partial charge in [0.2, 0.25) is 10.0 Å². The highest BCUT2D eigenvalue weighted by atomic mass is 35.5. The Bertz CT molecular complexity index is 1130. The van der Waals surface area contributed by atoms with Crippen LogP contribution in [0.1, 0.15) is 62.3 Å². The van der Waals surface area contributed by atoms with Gasteiger partial charge in [0.05, 0.1) is 22.3 Å². The second-order valence-corrected chi connectivity index (χ2v) is 11.7. The number of rotatable bonds is 4. The minimum atomic E-state index is -3.45. The van der Waals surface area contributed by atoms with Gasteiger partial charge < -0.3 is 9.64 Å². The summed E-state index contributed by atoms with van der Waals surface area (Å²) in [6.45, 7) is 5.46. The molecule has 2 aromatic rings. The van der Waals surface area contributed by atoms with E-state index >= 15 is 0 Å². The van der Waals surface area contributed by atoms with Gasteiger partial charge in [-0.1, -0.05) is 35.3 Å². The molecule has 1 aliphatic rings. The number of sulfonamides is 1. The van der Waals surface area contributed by atoms with E-state index in [0.29, 0.717) is 22.2 Å². The van der Waals surface area contributed by atoms with Crippen LogP contribution in [0.4, 0.5) is 10.5 Å². The molecule has 1 aliphatic carbocycles. The van der Waals surface area contributed by atoms with E-state index in [1.54, 1.807) is 30.1 Å². The lowest BCUT2D eigenvalue weighted by atomic mass is 9.76. The second kappa shape index (κ2) is 9.12. The molecule has 0 aromatic heterocycles. The average molecular weight is 499 g/mol. The fourth-order valence-electron chi connectivity index (χ4n) is 4.03. The number of halogens is 2. The molecule has 1 N–H and O–H groups in total. The van der Waals surface area contributed by atoms with E-state index in [1.807, 2.05) is 39.0 Å². The summed E-state index contributed by atoms with van der Waals surface area (Å²) >= 11 is 12.4. The third-order valence-corrected chi connectivity index (χ3v) is 6.69. The predicted molar refractivity (Wildman–Crippen MR) is 129 cm³/mol. The third kappa shape index (κ3) is 5.88. The van der Waals surface area contributed by atoms with E-state index in [0.717, 1.165) is 29.4 Å². The van der Waals surface area contributed by atoms with Crippen LogP contribution < -0.4 is 4.72 Å². The van der Waals surface area contributed by atoms with Crippen LogP contribution in [0.2, 0.25) is 10.0 Å². The molecule has 2 atom stereocenters. The average Bonchev–Trinajstić information content (AvgIpc) is 2.66. The number of fused-ring (bicyclic) bond motifs is 1. The predicted octanol–water partition coefficient (Wildman–Crippen LogP) is 6.20. The molecule has 0 saturated heterocycles. The zero-order chi connectivity index (χ0) is 23.8. The van der Waals surface area contributed by atoms with Crippen molar-refractivity contribution in [2.45, 2.75) is 51.2 Å². The van der Waals surface area contributed by atoms with Crippen LogP contribution in [0.5, 0.6) is 0 Å². The maximum Gasteiger partial charge on any atom is 0.410 e. The first kappa shape index (κ1) is 24.7. The number of amides is 1. The van der Waals surface area contributed by atoms with Crippen molar-refractivity contribution in [1.29, 1.82) is 0 Å². The molecule has 2 aromatic carbocycles. The summed E-state index contributed by atoms with van der Waals surface area (Å²) in [4.78, 5) is 14.4. The van der Waals surface area contributed by atoms with Crippen LogP contribution in [-0.2, 0) is 14.8 Å². The zero-order valence-corrected chi connectivity index (χ0v) is 21.1. The Morgan fingerprint density at radius 2 is 1.75 bits per heavy atom. The molecule has 0 spiro atoms. The van der Waals surface area contributed by atoms with Gasteiger partial charge in [0.15, 0.2) is 0 Å². The Hall–Kier alpha value is -1.96. The Kier molecular flexibility index (Phi) is 7.03. The molecular weight excluding hydrogens is 471 g/mol. The van der Waals surface area contributed by atoms with E-state index < -0.39 is 21.7 Å². The standard InChI is InChI=1S/C23H28Cl2N2O4S/c1-23(2,3)31-22(28)27(4)21-11-9-16(14-6-10-19(24)20(25)12-14)17-8-7-15(13-18(17)21)26-32(5,29)30/h6-8,10,12-13,16,21,26H,9,11H2,1-5H3. The van der Waals surface area contributed by atoms with Crippen molar-refractivity contribution in [3.8, 4) is 0 Å². The Balaban J connectivity index is 2.05. The van der Waals surface area contributed by atoms with Gasteiger partial charge in [-0.25, -0.2) is 13.2 Å². The maximum atomic E-state index is 12.8. The Morgan fingerprint density at radius 1 is 1.06 bits per heavy atom. The molecular formula is C23H28Cl2N2O4S. The number of nitrogens with one attached hydrogen (secondary N) is 1. The van der Waals surface area contributed by atoms with Gasteiger partial charge in [-0.3, -0.25) is 4.72 Å². The van der Waals surface area contributed by atoms with Crippen LogP contribution in [0.15, 0.2) is 36.4 Å². The Morgan fingerprint density at radius 3 is 2.34 bits per heavy atom. The summed E-state index contributed by atoms with van der Waals surface area (Å²) in [6.07, 6.45) is 2.13. The van der Waals surface area contributed by atoms with Crippen LogP contribution >= 0.6 is 23.2 Å². The second-order valence-electron chi connectivity index (χ2n) is 9.13. The molecule has 0 heterocycles. The molecule has 0 saturated carbocycles. The monoisotopic (exact) mass is 498 g/mol. The SMILES string of the molecule is CN(C(=O)OC(C)(C)C)C1CCC(c2ccc(Cl)c(Cl)c2)c2ccc(NS(C)(=O)=O)cc21. The van der Waals surface area contributed by atoms with Crippen molar-refractivity contribution in [2.75, 3.05) is 18.0 Å². The molecule has 0 aliphatic heterocycles. The molecule has 0 radical (unpaired) electrons. The van der Waals surface area contributed by atoms with Crippen molar-refractivity contribution < 1.29 is 17.9 Å². The number of carbonyl (C=O) groups is 1. The number of anilines is 1. The number of ether oxygens (including phenoxy) is 1. The fraction of sp³-hybridized carbons (Fsp3) is 0.435. The molecule has 1 amide bonds. The van der Waals surface area contributed by atoms with Crippen molar-refractivity contribution >= 4 is 45.0 Å². The van der Waals surface area contributed by atoms with Crippen molar-refractivity contribution in [3.05, 3.63) is 63.1 Å². The summed E-state index contributed by atoms with van der Waals surface area (Å²) in [6, 6.07) is 10.8. The lowest BCUT2D eigenvalue weighted by Gasteiger charge is -2.38. The summed E-state index contributed by atoms with van der Waals surface area (Å²) in [5.41, 5.74) is 2.72.